The van der Waals surface area contributed by atoms with Gasteiger partial charge < -0.3 is 4.90 Å². The van der Waals surface area contributed by atoms with Crippen LogP contribution in [0.3, 0.4) is 0 Å². The normalized spacial score (nSPS) is 19.5. The van der Waals surface area contributed by atoms with Gasteiger partial charge in [0.1, 0.15) is 0 Å². The first kappa shape index (κ1) is 20.8. The molecule has 1 fully saturated rings. The van der Waals surface area contributed by atoms with Crippen LogP contribution in [0.5, 0.6) is 0 Å². The number of benzene rings is 1. The first-order valence-electron chi connectivity index (χ1n) is 9.30. The molecular weight excluding hydrogens is 398 g/mol. The van der Waals surface area contributed by atoms with Gasteiger partial charge >= 0.3 is 0 Å². The van der Waals surface area contributed by atoms with E-state index in [2.05, 4.69) is 15.5 Å². The third kappa shape index (κ3) is 4.72. The molecule has 2 aromatic rings. The maximum Gasteiger partial charge on any atom is 0.233 e. The van der Waals surface area contributed by atoms with Gasteiger partial charge in [0, 0.05) is 12.1 Å². The summed E-state index contributed by atoms with van der Waals surface area (Å²) in [4.78, 5) is 14.7. The lowest BCUT2D eigenvalue weighted by Crippen LogP contribution is -2.47. The lowest BCUT2D eigenvalue weighted by atomic mass is 10.1. The predicted molar refractivity (Wildman–Crippen MR) is 108 cm³/mol. The first-order chi connectivity index (χ1) is 13.3. The molecule has 0 spiro atoms. The van der Waals surface area contributed by atoms with Gasteiger partial charge in [0.05, 0.1) is 22.9 Å². The second-order valence-corrected chi connectivity index (χ2v) is 10.3. The molecule has 2 heterocycles. The van der Waals surface area contributed by atoms with Crippen molar-refractivity contribution < 1.29 is 13.2 Å². The molecule has 152 valence electrons. The summed E-state index contributed by atoms with van der Waals surface area (Å²) in [6, 6.07) is 7.53. The molecule has 1 amide bonds. The minimum Gasteiger partial charge on any atom is -0.335 e. The van der Waals surface area contributed by atoms with Gasteiger partial charge in [-0.15, -0.1) is 5.10 Å². The Morgan fingerprint density at radius 2 is 2.07 bits per heavy atom. The Bertz CT molecular complexity index is 927. The van der Waals surface area contributed by atoms with Crippen molar-refractivity contribution in [2.45, 2.75) is 50.9 Å². The number of carbonyl (C=O) groups is 1. The molecule has 0 saturated carbocycles. The molecule has 10 heteroatoms. The Morgan fingerprint density at radius 1 is 1.36 bits per heavy atom. The number of nitrogens with zero attached hydrogens (tertiary/aromatic N) is 5. The van der Waals surface area contributed by atoms with E-state index in [-0.39, 0.29) is 35.2 Å². The van der Waals surface area contributed by atoms with Crippen LogP contribution in [0.15, 0.2) is 29.4 Å². The van der Waals surface area contributed by atoms with Gasteiger partial charge in [-0.25, -0.2) is 8.42 Å². The zero-order chi connectivity index (χ0) is 20.3. The molecule has 28 heavy (non-hydrogen) atoms. The van der Waals surface area contributed by atoms with Gasteiger partial charge in [-0.05, 0) is 49.2 Å². The highest BCUT2D eigenvalue weighted by molar-refractivity contribution is 7.99. The van der Waals surface area contributed by atoms with Crippen LogP contribution in [-0.4, -0.2) is 68.8 Å². The number of tetrazole rings is 1. The van der Waals surface area contributed by atoms with Crippen LogP contribution in [0.1, 0.15) is 32.3 Å². The topological polar surface area (TPSA) is 98.1 Å². The van der Waals surface area contributed by atoms with Crippen LogP contribution in [0, 0.1) is 6.92 Å². The molecule has 0 unspecified atom stereocenters. The zero-order valence-corrected chi connectivity index (χ0v) is 17.9. The summed E-state index contributed by atoms with van der Waals surface area (Å²) in [5.41, 5.74) is 1.96. The van der Waals surface area contributed by atoms with E-state index in [1.165, 1.54) is 11.8 Å². The van der Waals surface area contributed by atoms with Crippen molar-refractivity contribution in [2.75, 3.05) is 17.3 Å². The Morgan fingerprint density at radius 3 is 2.68 bits per heavy atom. The quantitative estimate of drug-likeness (QED) is 0.627. The Labute approximate surface area is 169 Å². The molecule has 0 radical (unpaired) electrons. The molecule has 0 aliphatic carbocycles. The molecule has 1 saturated heterocycles. The highest BCUT2D eigenvalue weighted by Gasteiger charge is 2.36. The number of aromatic nitrogens is 4. The molecule has 0 N–H and O–H groups in total. The number of hydrogen-bond acceptors (Lipinski definition) is 7. The fourth-order valence-electron chi connectivity index (χ4n) is 3.32. The standard InChI is InChI=1S/C18H25N5O3S2/c1-4-14(3)22(16-9-10-28(25,26)12-16)17(24)11-27-18-19-20-21-23(18)15-7-5-13(2)6-8-15/h5-8,14,16H,4,9-12H2,1-3H3/t14-,16-/m0/s1. The summed E-state index contributed by atoms with van der Waals surface area (Å²) in [6.45, 7) is 5.97. The predicted octanol–water partition coefficient (Wildman–Crippen LogP) is 1.88. The number of rotatable bonds is 7. The van der Waals surface area contributed by atoms with Crippen LogP contribution in [-0.2, 0) is 14.6 Å². The number of aryl methyl sites for hydroxylation is 1. The van der Waals surface area contributed by atoms with E-state index in [1.54, 1.807) is 9.58 Å². The highest BCUT2D eigenvalue weighted by atomic mass is 32.2. The lowest BCUT2D eigenvalue weighted by molar-refractivity contribution is -0.132. The van der Waals surface area contributed by atoms with Gasteiger partial charge in [-0.3, -0.25) is 4.79 Å². The van der Waals surface area contributed by atoms with E-state index in [0.29, 0.717) is 11.6 Å². The average Bonchev–Trinajstić information content (AvgIpc) is 3.27. The van der Waals surface area contributed by atoms with Crippen molar-refractivity contribution in [1.82, 2.24) is 25.1 Å². The minimum absolute atomic E-state index is 0.0144. The maximum atomic E-state index is 13.0. The summed E-state index contributed by atoms with van der Waals surface area (Å²) in [5.74, 6) is 0.276. The van der Waals surface area contributed by atoms with Crippen LogP contribution < -0.4 is 0 Å². The summed E-state index contributed by atoms with van der Waals surface area (Å²) >= 11 is 1.26. The summed E-state index contributed by atoms with van der Waals surface area (Å²) < 4.78 is 25.4. The molecular formula is C18H25N5O3S2. The molecule has 1 aromatic heterocycles. The van der Waals surface area contributed by atoms with Crippen LogP contribution in [0.25, 0.3) is 5.69 Å². The summed E-state index contributed by atoms with van der Waals surface area (Å²) in [5, 5.41) is 12.3. The molecule has 8 nitrogen and oxygen atoms in total. The third-order valence-corrected chi connectivity index (χ3v) is 7.65. The zero-order valence-electron chi connectivity index (χ0n) is 16.3. The molecule has 1 aromatic carbocycles. The van der Waals surface area contributed by atoms with Gasteiger partial charge in [0.2, 0.25) is 11.1 Å². The molecule has 1 aliphatic heterocycles. The van der Waals surface area contributed by atoms with Crippen molar-refractivity contribution in [3.63, 3.8) is 0 Å². The van der Waals surface area contributed by atoms with E-state index in [4.69, 9.17) is 0 Å². The van der Waals surface area contributed by atoms with Crippen molar-refractivity contribution in [3.8, 4) is 5.69 Å². The van der Waals surface area contributed by atoms with E-state index in [1.807, 2.05) is 45.0 Å². The van der Waals surface area contributed by atoms with Crippen molar-refractivity contribution in [1.29, 1.82) is 0 Å². The second-order valence-electron chi connectivity index (χ2n) is 7.11. The van der Waals surface area contributed by atoms with E-state index < -0.39 is 9.84 Å². The highest BCUT2D eigenvalue weighted by Crippen LogP contribution is 2.24. The largest absolute Gasteiger partial charge is 0.335 e. The van der Waals surface area contributed by atoms with Crippen LogP contribution >= 0.6 is 11.8 Å². The van der Waals surface area contributed by atoms with Crippen molar-refractivity contribution in [3.05, 3.63) is 29.8 Å². The van der Waals surface area contributed by atoms with Gasteiger partial charge in [0.25, 0.3) is 0 Å². The van der Waals surface area contributed by atoms with E-state index in [9.17, 15) is 13.2 Å². The molecule has 1 aliphatic rings. The number of carbonyl (C=O) groups excluding carboxylic acids is 1. The Hall–Kier alpha value is -1.94. The number of sulfone groups is 1. The van der Waals surface area contributed by atoms with Gasteiger partial charge in [0.15, 0.2) is 9.84 Å². The van der Waals surface area contributed by atoms with E-state index >= 15 is 0 Å². The maximum absolute atomic E-state index is 13.0. The van der Waals surface area contributed by atoms with Crippen LogP contribution in [0.4, 0.5) is 0 Å². The molecule has 0 bridgehead atoms. The third-order valence-electron chi connectivity index (χ3n) is 5.00. The summed E-state index contributed by atoms with van der Waals surface area (Å²) in [7, 11) is -3.06. The van der Waals surface area contributed by atoms with E-state index in [0.717, 1.165) is 17.7 Å². The average molecular weight is 424 g/mol. The Balaban J connectivity index is 1.72. The smallest absolute Gasteiger partial charge is 0.233 e. The molecule has 3 rings (SSSR count). The van der Waals surface area contributed by atoms with Crippen molar-refractivity contribution in [2.24, 2.45) is 0 Å². The monoisotopic (exact) mass is 423 g/mol. The fraction of sp³-hybridized carbons (Fsp3) is 0.556. The Kier molecular flexibility index (Phi) is 6.39. The minimum atomic E-state index is -3.06. The fourth-order valence-corrected chi connectivity index (χ4v) is 5.79. The number of amides is 1. The number of thioether (sulfide) groups is 1. The second kappa shape index (κ2) is 8.60. The number of hydrogen-bond donors (Lipinski definition) is 0. The van der Waals surface area contributed by atoms with Crippen LogP contribution in [0.2, 0.25) is 0 Å². The van der Waals surface area contributed by atoms with Gasteiger partial charge in [-0.1, -0.05) is 36.4 Å². The van der Waals surface area contributed by atoms with Crippen molar-refractivity contribution >= 4 is 27.5 Å². The first-order valence-corrected chi connectivity index (χ1v) is 12.1. The summed E-state index contributed by atoms with van der Waals surface area (Å²) in [6.07, 6.45) is 1.28. The lowest BCUT2D eigenvalue weighted by Gasteiger charge is -2.33. The van der Waals surface area contributed by atoms with Gasteiger partial charge in [-0.2, -0.15) is 4.68 Å². The molecule has 2 atom stereocenters. The SMILES string of the molecule is CC[C@H](C)N(C(=O)CSc1nnnn1-c1ccc(C)cc1)[C@H]1CCS(=O)(=O)C1.